The van der Waals surface area contributed by atoms with Gasteiger partial charge in [-0.3, -0.25) is 9.59 Å². The number of aliphatic hydroxyl groups is 1. The highest BCUT2D eigenvalue weighted by Crippen LogP contribution is 2.46. The van der Waals surface area contributed by atoms with E-state index in [4.69, 9.17) is 4.74 Å². The van der Waals surface area contributed by atoms with Gasteiger partial charge in [0.1, 0.15) is 5.82 Å². The van der Waals surface area contributed by atoms with Gasteiger partial charge in [-0.25, -0.2) is 4.98 Å². The fraction of sp³-hybridized carbons (Fsp3) is 0.607. The lowest BCUT2D eigenvalue weighted by Gasteiger charge is -2.31. The Morgan fingerprint density at radius 3 is 2.17 bits per heavy atom. The summed E-state index contributed by atoms with van der Waals surface area (Å²) in [6.45, 7) is 5.03. The van der Waals surface area contributed by atoms with E-state index in [0.29, 0.717) is 19.3 Å². The zero-order chi connectivity index (χ0) is 30.6. The van der Waals surface area contributed by atoms with E-state index in [1.807, 2.05) is 6.92 Å². The van der Waals surface area contributed by atoms with Gasteiger partial charge in [0.25, 0.3) is 11.5 Å². The molecule has 1 fully saturated rings. The summed E-state index contributed by atoms with van der Waals surface area (Å²) in [5.41, 5.74) is -5.28. The predicted molar refractivity (Wildman–Crippen MR) is 139 cm³/mol. The first-order valence-corrected chi connectivity index (χ1v) is 13.6. The van der Waals surface area contributed by atoms with Crippen LogP contribution in [0.15, 0.2) is 23.0 Å². The molecule has 1 saturated carbocycles. The van der Waals surface area contributed by atoms with Crippen LogP contribution >= 0.6 is 0 Å². The molecule has 1 aliphatic rings. The second kappa shape index (κ2) is 12.8. The smallest absolute Gasteiger partial charge is 0.416 e. The maximum absolute atomic E-state index is 13.6. The maximum atomic E-state index is 13.6. The first-order chi connectivity index (χ1) is 19.1. The van der Waals surface area contributed by atoms with Crippen LogP contribution in [0.25, 0.3) is 0 Å². The van der Waals surface area contributed by atoms with Crippen LogP contribution in [-0.2, 0) is 24.2 Å². The van der Waals surface area contributed by atoms with Crippen LogP contribution in [0.3, 0.4) is 0 Å². The molecule has 1 aromatic carbocycles. The number of alkyl halides is 6. The van der Waals surface area contributed by atoms with Crippen molar-refractivity contribution in [3.05, 3.63) is 56.8 Å². The largest absolute Gasteiger partial charge is 0.486 e. The van der Waals surface area contributed by atoms with Crippen molar-refractivity contribution in [3.63, 3.8) is 0 Å². The van der Waals surface area contributed by atoms with Crippen LogP contribution < -0.4 is 10.3 Å². The molecule has 0 saturated heterocycles. The Morgan fingerprint density at radius 1 is 1.10 bits per heavy atom. The molecule has 0 radical (unpaired) electrons. The third-order valence-corrected chi connectivity index (χ3v) is 7.36. The molecule has 0 bridgehead atoms. The summed E-state index contributed by atoms with van der Waals surface area (Å²) in [6.07, 6.45) is -7.27. The number of unbranched alkanes of at least 4 members (excludes halogenated alkanes) is 1. The van der Waals surface area contributed by atoms with Gasteiger partial charge >= 0.3 is 12.4 Å². The Balaban J connectivity index is 2.16. The quantitative estimate of drug-likeness (QED) is 0.251. The number of halogens is 6. The topological polar surface area (TPSA) is 95.5 Å². The summed E-state index contributed by atoms with van der Waals surface area (Å²) in [7, 11) is 0. The van der Waals surface area contributed by atoms with E-state index in [2.05, 4.69) is 9.97 Å². The van der Waals surface area contributed by atoms with Crippen LogP contribution in [0.4, 0.5) is 26.3 Å². The van der Waals surface area contributed by atoms with E-state index in [0.717, 1.165) is 18.6 Å². The summed E-state index contributed by atoms with van der Waals surface area (Å²) in [5.74, 6) is -1.07. The van der Waals surface area contributed by atoms with Crippen LogP contribution in [0.1, 0.15) is 92.3 Å². The normalized spacial score (nSPS) is 15.4. The standard InChI is InChI=1S/C28H35F6N3O4/c1-4-5-12-41-23-22(25(40)37(10-11-38)17(2)3)35-21(36-24(23)39)16-26(8-6-7-9-26)18-13-19(27(29,30)31)15-20(14-18)28(32,33)34/h13-15,17,38H,4-12,16H2,1-3H3,(H,35,36,39). The fourth-order valence-electron chi connectivity index (χ4n) is 5.23. The van der Waals surface area contributed by atoms with E-state index >= 15 is 0 Å². The maximum Gasteiger partial charge on any atom is 0.416 e. The van der Waals surface area contributed by atoms with Gasteiger partial charge in [0.2, 0.25) is 5.75 Å². The molecule has 1 aliphatic carbocycles. The highest BCUT2D eigenvalue weighted by atomic mass is 19.4. The summed E-state index contributed by atoms with van der Waals surface area (Å²) >= 11 is 0. The van der Waals surface area contributed by atoms with Crippen LogP contribution in [0, 0.1) is 0 Å². The summed E-state index contributed by atoms with van der Waals surface area (Å²) < 4.78 is 87.5. The number of ether oxygens (including phenoxy) is 1. The minimum atomic E-state index is -5.01. The molecule has 228 valence electrons. The number of rotatable bonds is 11. The number of H-pyrrole nitrogens is 1. The van der Waals surface area contributed by atoms with E-state index in [1.54, 1.807) is 13.8 Å². The molecule has 1 heterocycles. The van der Waals surface area contributed by atoms with Crippen molar-refractivity contribution in [1.29, 1.82) is 0 Å². The van der Waals surface area contributed by atoms with Gasteiger partial charge in [-0.15, -0.1) is 0 Å². The Hall–Kier alpha value is -3.09. The van der Waals surface area contributed by atoms with Crippen molar-refractivity contribution in [2.45, 2.75) is 89.5 Å². The number of nitrogens with one attached hydrogen (secondary N) is 1. The number of nitrogens with zero attached hydrogens (tertiary/aromatic N) is 2. The SMILES string of the molecule is CCCCOc1c(C(=O)N(CCO)C(C)C)nc(CC2(c3cc(C(F)(F)F)cc(C(F)(F)F)c3)CCCC2)[nH]c1=O. The number of aliphatic hydroxyl groups excluding tert-OH is 1. The Labute approximate surface area is 233 Å². The average Bonchev–Trinajstić information content (AvgIpc) is 3.36. The number of amides is 1. The first-order valence-electron chi connectivity index (χ1n) is 13.6. The number of benzene rings is 1. The lowest BCUT2D eigenvalue weighted by molar-refractivity contribution is -0.143. The van der Waals surface area contributed by atoms with E-state index < -0.39 is 40.4 Å². The van der Waals surface area contributed by atoms with Crippen molar-refractivity contribution in [2.75, 3.05) is 19.8 Å². The van der Waals surface area contributed by atoms with Crippen LogP contribution in [0.2, 0.25) is 0 Å². The van der Waals surface area contributed by atoms with Crippen molar-refractivity contribution >= 4 is 5.91 Å². The monoisotopic (exact) mass is 591 g/mol. The van der Waals surface area contributed by atoms with Gasteiger partial charge in [-0.05, 0) is 56.9 Å². The molecule has 1 amide bonds. The Kier molecular flexibility index (Phi) is 10.1. The lowest BCUT2D eigenvalue weighted by atomic mass is 9.74. The Bertz CT molecular complexity index is 1230. The molecule has 0 atom stereocenters. The molecular formula is C28H35F6N3O4. The van der Waals surface area contributed by atoms with Crippen LogP contribution in [0.5, 0.6) is 5.75 Å². The first kappa shape index (κ1) is 32.4. The minimum Gasteiger partial charge on any atom is -0.486 e. The number of carbonyl (C=O) groups is 1. The second-order valence-corrected chi connectivity index (χ2v) is 10.7. The van der Waals surface area contributed by atoms with Crippen molar-refractivity contribution in [2.24, 2.45) is 0 Å². The van der Waals surface area contributed by atoms with Gasteiger partial charge in [-0.2, -0.15) is 26.3 Å². The molecule has 1 aromatic heterocycles. The number of hydrogen-bond acceptors (Lipinski definition) is 5. The van der Waals surface area contributed by atoms with E-state index in [1.165, 1.54) is 4.90 Å². The van der Waals surface area contributed by atoms with Gasteiger partial charge in [0, 0.05) is 24.4 Å². The number of hydrogen-bond donors (Lipinski definition) is 2. The van der Waals surface area contributed by atoms with Crippen LogP contribution in [-0.4, -0.2) is 51.7 Å². The summed E-state index contributed by atoms with van der Waals surface area (Å²) in [5, 5.41) is 9.47. The van der Waals surface area contributed by atoms with Gasteiger partial charge in [-0.1, -0.05) is 26.2 Å². The molecule has 13 heteroatoms. The average molecular weight is 592 g/mol. The highest BCUT2D eigenvalue weighted by molar-refractivity contribution is 5.95. The lowest BCUT2D eigenvalue weighted by Crippen LogP contribution is -2.40. The van der Waals surface area contributed by atoms with Gasteiger partial charge in [0.05, 0.1) is 24.3 Å². The van der Waals surface area contributed by atoms with Crippen molar-refractivity contribution < 1.29 is 41.0 Å². The molecule has 0 unspecified atom stereocenters. The van der Waals surface area contributed by atoms with Gasteiger partial charge < -0.3 is 19.7 Å². The molecule has 3 rings (SSSR count). The molecule has 0 aliphatic heterocycles. The van der Waals surface area contributed by atoms with Crippen molar-refractivity contribution in [3.8, 4) is 5.75 Å². The predicted octanol–water partition coefficient (Wildman–Crippen LogP) is 5.88. The second-order valence-electron chi connectivity index (χ2n) is 10.7. The summed E-state index contributed by atoms with van der Waals surface area (Å²) in [6, 6.07) is 1.17. The minimum absolute atomic E-state index is 0.0525. The number of carbonyl (C=O) groups excluding carboxylic acids is 1. The summed E-state index contributed by atoms with van der Waals surface area (Å²) in [4.78, 5) is 34.9. The number of aromatic amines is 1. The molecular weight excluding hydrogens is 556 g/mol. The molecule has 0 spiro atoms. The van der Waals surface area contributed by atoms with Crippen molar-refractivity contribution in [1.82, 2.24) is 14.9 Å². The Morgan fingerprint density at radius 2 is 1.68 bits per heavy atom. The van der Waals surface area contributed by atoms with E-state index in [9.17, 15) is 41.0 Å². The molecule has 7 nitrogen and oxygen atoms in total. The molecule has 41 heavy (non-hydrogen) atoms. The third kappa shape index (κ3) is 7.60. The highest BCUT2D eigenvalue weighted by Gasteiger charge is 2.42. The fourth-order valence-corrected chi connectivity index (χ4v) is 5.23. The van der Waals surface area contributed by atoms with Gasteiger partial charge in [0.15, 0.2) is 5.69 Å². The zero-order valence-electron chi connectivity index (χ0n) is 23.2. The third-order valence-electron chi connectivity index (χ3n) is 7.36. The number of aromatic nitrogens is 2. The molecule has 2 aromatic rings. The van der Waals surface area contributed by atoms with E-state index in [-0.39, 0.29) is 74.0 Å². The zero-order valence-corrected chi connectivity index (χ0v) is 23.2. The molecule has 2 N–H and O–H groups in total.